The molecule has 0 aliphatic carbocycles. The molecular formula is C16H12FNO2. The Morgan fingerprint density at radius 3 is 2.65 bits per heavy atom. The van der Waals surface area contributed by atoms with Gasteiger partial charge in [-0.2, -0.15) is 5.26 Å². The van der Waals surface area contributed by atoms with Crippen LogP contribution in [0.2, 0.25) is 0 Å². The van der Waals surface area contributed by atoms with Crippen LogP contribution in [0.15, 0.2) is 36.4 Å². The summed E-state index contributed by atoms with van der Waals surface area (Å²) in [5.41, 5.74) is 1.47. The maximum Gasteiger partial charge on any atom is 0.278 e. The zero-order chi connectivity index (χ0) is 14.3. The highest BCUT2D eigenvalue weighted by molar-refractivity contribution is 5.50. The molecule has 2 aromatic rings. The van der Waals surface area contributed by atoms with Gasteiger partial charge in [0.2, 0.25) is 0 Å². The number of benzene rings is 2. The van der Waals surface area contributed by atoms with E-state index in [1.807, 2.05) is 25.1 Å². The number of aryl methyl sites for hydroxylation is 1. The van der Waals surface area contributed by atoms with Crippen molar-refractivity contribution < 1.29 is 13.9 Å². The number of rotatable bonds is 1. The Kier molecular flexibility index (Phi) is 2.65. The van der Waals surface area contributed by atoms with Gasteiger partial charge in [-0.15, -0.1) is 0 Å². The van der Waals surface area contributed by atoms with Crippen molar-refractivity contribution >= 4 is 0 Å². The number of hydrogen-bond acceptors (Lipinski definition) is 3. The minimum absolute atomic E-state index is 0.265. The molecule has 3 nitrogen and oxygen atoms in total. The standard InChI is InChI=1S/C16H12FNO2/c1-10-4-3-5-14-15(10)20-16(2,19-14)12-7-6-11(9-18)8-13(12)17/h3-8H,1-2H3. The zero-order valence-electron chi connectivity index (χ0n) is 11.1. The second kappa shape index (κ2) is 4.24. The highest BCUT2D eigenvalue weighted by Gasteiger charge is 2.41. The molecule has 0 N–H and O–H groups in total. The van der Waals surface area contributed by atoms with Crippen molar-refractivity contribution in [3.05, 3.63) is 58.9 Å². The summed E-state index contributed by atoms with van der Waals surface area (Å²) in [5, 5.41) is 8.78. The van der Waals surface area contributed by atoms with Crippen LogP contribution < -0.4 is 9.47 Å². The van der Waals surface area contributed by atoms with E-state index in [1.165, 1.54) is 12.1 Å². The Labute approximate surface area is 116 Å². The fraction of sp³-hybridized carbons (Fsp3) is 0.188. The van der Waals surface area contributed by atoms with Gasteiger partial charge in [0, 0.05) is 6.92 Å². The van der Waals surface area contributed by atoms with Crippen LogP contribution in [-0.4, -0.2) is 0 Å². The summed E-state index contributed by atoms with van der Waals surface area (Å²) in [7, 11) is 0. The van der Waals surface area contributed by atoms with Gasteiger partial charge in [0.15, 0.2) is 11.5 Å². The Hall–Kier alpha value is -2.54. The fourth-order valence-corrected chi connectivity index (χ4v) is 2.33. The van der Waals surface area contributed by atoms with Crippen molar-refractivity contribution in [3.63, 3.8) is 0 Å². The van der Waals surface area contributed by atoms with E-state index in [2.05, 4.69) is 0 Å². The lowest BCUT2D eigenvalue weighted by Gasteiger charge is -2.24. The SMILES string of the molecule is Cc1cccc2c1OC(C)(c1ccc(C#N)cc1F)O2. The van der Waals surface area contributed by atoms with Gasteiger partial charge >= 0.3 is 0 Å². The largest absolute Gasteiger partial charge is 0.444 e. The van der Waals surface area contributed by atoms with Gasteiger partial charge in [-0.1, -0.05) is 12.1 Å². The predicted molar refractivity (Wildman–Crippen MR) is 70.9 cm³/mol. The van der Waals surface area contributed by atoms with Crippen molar-refractivity contribution in [1.82, 2.24) is 0 Å². The van der Waals surface area contributed by atoms with Crippen molar-refractivity contribution in [3.8, 4) is 17.6 Å². The van der Waals surface area contributed by atoms with Crippen molar-refractivity contribution in [1.29, 1.82) is 5.26 Å². The smallest absolute Gasteiger partial charge is 0.278 e. The van der Waals surface area contributed by atoms with E-state index in [4.69, 9.17) is 14.7 Å². The number of halogens is 1. The van der Waals surface area contributed by atoms with E-state index in [9.17, 15) is 4.39 Å². The van der Waals surface area contributed by atoms with Gasteiger partial charge < -0.3 is 9.47 Å². The molecule has 0 fully saturated rings. The average Bonchev–Trinajstić information content (AvgIpc) is 2.77. The van der Waals surface area contributed by atoms with Gasteiger partial charge in [0.05, 0.1) is 17.2 Å². The molecule has 0 saturated heterocycles. The van der Waals surface area contributed by atoms with Crippen molar-refractivity contribution in [2.75, 3.05) is 0 Å². The molecule has 1 unspecified atom stereocenters. The van der Waals surface area contributed by atoms with Crippen molar-refractivity contribution in [2.24, 2.45) is 0 Å². The van der Waals surface area contributed by atoms with Crippen LogP contribution in [0, 0.1) is 24.1 Å². The van der Waals surface area contributed by atoms with Crippen LogP contribution >= 0.6 is 0 Å². The number of hydrogen-bond donors (Lipinski definition) is 0. The molecular weight excluding hydrogens is 257 g/mol. The number of fused-ring (bicyclic) bond motifs is 1. The van der Waals surface area contributed by atoms with Gasteiger partial charge in [-0.3, -0.25) is 0 Å². The molecule has 20 heavy (non-hydrogen) atoms. The Morgan fingerprint density at radius 1 is 1.20 bits per heavy atom. The third-order valence-corrected chi connectivity index (χ3v) is 3.36. The summed E-state index contributed by atoms with van der Waals surface area (Å²) in [6.45, 7) is 3.57. The molecule has 4 heteroatoms. The van der Waals surface area contributed by atoms with E-state index in [1.54, 1.807) is 19.1 Å². The Morgan fingerprint density at radius 2 is 2.00 bits per heavy atom. The average molecular weight is 269 g/mol. The van der Waals surface area contributed by atoms with Crippen LogP contribution in [-0.2, 0) is 5.79 Å². The number of para-hydroxylation sites is 1. The van der Waals surface area contributed by atoms with E-state index in [0.717, 1.165) is 5.56 Å². The summed E-state index contributed by atoms with van der Waals surface area (Å²) in [4.78, 5) is 0. The van der Waals surface area contributed by atoms with Gasteiger partial charge in [-0.05, 0) is 36.8 Å². The fourth-order valence-electron chi connectivity index (χ4n) is 2.33. The second-order valence-corrected chi connectivity index (χ2v) is 4.86. The lowest BCUT2D eigenvalue weighted by Crippen LogP contribution is -2.32. The third kappa shape index (κ3) is 1.79. The monoisotopic (exact) mass is 269 g/mol. The summed E-state index contributed by atoms with van der Waals surface area (Å²) in [6.07, 6.45) is 0. The topological polar surface area (TPSA) is 42.2 Å². The highest BCUT2D eigenvalue weighted by atomic mass is 19.1. The van der Waals surface area contributed by atoms with Gasteiger partial charge in [0.25, 0.3) is 5.79 Å². The minimum atomic E-state index is -1.22. The van der Waals surface area contributed by atoms with E-state index in [0.29, 0.717) is 11.5 Å². The Bertz CT molecular complexity index is 736. The number of nitriles is 1. The van der Waals surface area contributed by atoms with Gasteiger partial charge in [0.1, 0.15) is 5.82 Å². The molecule has 1 aliphatic heterocycles. The summed E-state index contributed by atoms with van der Waals surface area (Å²) in [6, 6.07) is 11.7. The van der Waals surface area contributed by atoms with E-state index >= 15 is 0 Å². The molecule has 0 radical (unpaired) electrons. The van der Waals surface area contributed by atoms with Crippen LogP contribution in [0.1, 0.15) is 23.6 Å². The van der Waals surface area contributed by atoms with E-state index in [-0.39, 0.29) is 11.1 Å². The first-order valence-electron chi connectivity index (χ1n) is 6.21. The molecule has 0 saturated carbocycles. The summed E-state index contributed by atoms with van der Waals surface area (Å²) in [5.74, 6) is -0.515. The Balaban J connectivity index is 2.05. The number of nitrogens with zero attached hydrogens (tertiary/aromatic N) is 1. The molecule has 0 spiro atoms. The van der Waals surface area contributed by atoms with Crippen LogP contribution in [0.4, 0.5) is 4.39 Å². The molecule has 1 aliphatic rings. The maximum absolute atomic E-state index is 14.1. The quantitative estimate of drug-likeness (QED) is 0.793. The molecule has 1 heterocycles. The predicted octanol–water partition coefficient (Wildman–Crippen LogP) is 3.65. The highest BCUT2D eigenvalue weighted by Crippen LogP contribution is 2.46. The molecule has 0 bridgehead atoms. The first-order valence-corrected chi connectivity index (χ1v) is 6.21. The lowest BCUT2D eigenvalue weighted by atomic mass is 10.0. The van der Waals surface area contributed by atoms with Crippen LogP contribution in [0.3, 0.4) is 0 Å². The van der Waals surface area contributed by atoms with Crippen LogP contribution in [0.25, 0.3) is 0 Å². The van der Waals surface area contributed by atoms with Crippen LogP contribution in [0.5, 0.6) is 11.5 Å². The van der Waals surface area contributed by atoms with E-state index < -0.39 is 11.6 Å². The van der Waals surface area contributed by atoms with Crippen molar-refractivity contribution in [2.45, 2.75) is 19.6 Å². The minimum Gasteiger partial charge on any atom is -0.444 e. The molecule has 2 aromatic carbocycles. The lowest BCUT2D eigenvalue weighted by molar-refractivity contribution is -0.0709. The third-order valence-electron chi connectivity index (χ3n) is 3.36. The zero-order valence-corrected chi connectivity index (χ0v) is 11.1. The summed E-state index contributed by atoms with van der Waals surface area (Å²) < 4.78 is 25.7. The number of ether oxygens (including phenoxy) is 2. The molecule has 1 atom stereocenters. The molecule has 3 rings (SSSR count). The first-order chi connectivity index (χ1) is 9.53. The first kappa shape index (κ1) is 12.5. The normalized spacial score (nSPS) is 19.7. The maximum atomic E-state index is 14.1. The molecule has 100 valence electrons. The summed E-state index contributed by atoms with van der Waals surface area (Å²) >= 11 is 0. The van der Waals surface area contributed by atoms with Gasteiger partial charge in [-0.25, -0.2) is 4.39 Å². The molecule has 0 aromatic heterocycles. The molecule has 0 amide bonds. The second-order valence-electron chi connectivity index (χ2n) is 4.86.